The highest BCUT2D eigenvalue weighted by Gasteiger charge is 2.40. The van der Waals surface area contributed by atoms with Crippen molar-refractivity contribution in [1.29, 1.82) is 0 Å². The molecule has 0 unspecified atom stereocenters. The predicted molar refractivity (Wildman–Crippen MR) is 52.3 cm³/mol. The van der Waals surface area contributed by atoms with Crippen LogP contribution in [0.3, 0.4) is 0 Å². The first-order valence-corrected chi connectivity index (χ1v) is 4.62. The molecule has 1 aliphatic heterocycles. The van der Waals surface area contributed by atoms with E-state index in [0.29, 0.717) is 12.0 Å². The molecule has 1 aromatic rings. The molecular formula is C11H12O4. The van der Waals surface area contributed by atoms with Gasteiger partial charge in [0.1, 0.15) is 0 Å². The van der Waals surface area contributed by atoms with Gasteiger partial charge in [0.2, 0.25) is 0 Å². The zero-order chi connectivity index (χ0) is 10.9. The van der Waals surface area contributed by atoms with Crippen LogP contribution in [-0.4, -0.2) is 26.2 Å². The molecule has 0 saturated heterocycles. The number of hydrogen-bond donors (Lipinski definition) is 0. The number of ether oxygens (including phenoxy) is 3. The third kappa shape index (κ3) is 1.62. The lowest BCUT2D eigenvalue weighted by Gasteiger charge is -2.33. The normalized spacial score (nSPS) is 18.1. The second-order valence-corrected chi connectivity index (χ2v) is 3.31. The van der Waals surface area contributed by atoms with Crippen LogP contribution in [0.1, 0.15) is 15.9 Å². The number of carbonyl (C=O) groups is 1. The minimum absolute atomic E-state index is 0.405. The average Bonchev–Trinajstić information content (AvgIpc) is 2.29. The number of methoxy groups -OCH3 is 2. The van der Waals surface area contributed by atoms with E-state index in [0.717, 1.165) is 5.56 Å². The van der Waals surface area contributed by atoms with Gasteiger partial charge in [0.25, 0.3) is 0 Å². The van der Waals surface area contributed by atoms with Gasteiger partial charge in [0.15, 0.2) is 0 Å². The first-order chi connectivity index (χ1) is 7.21. The minimum atomic E-state index is -1.27. The van der Waals surface area contributed by atoms with Gasteiger partial charge in [0.05, 0.1) is 12.0 Å². The van der Waals surface area contributed by atoms with E-state index >= 15 is 0 Å². The van der Waals surface area contributed by atoms with E-state index in [4.69, 9.17) is 14.2 Å². The van der Waals surface area contributed by atoms with Crippen LogP contribution in [-0.2, 0) is 20.6 Å². The number of rotatable bonds is 2. The lowest BCUT2D eigenvalue weighted by atomic mass is 10.0. The Labute approximate surface area is 87.8 Å². The van der Waals surface area contributed by atoms with Crippen LogP contribution < -0.4 is 0 Å². The maximum atomic E-state index is 11.6. The molecule has 0 fully saturated rings. The molecule has 0 spiro atoms. The van der Waals surface area contributed by atoms with Crippen molar-refractivity contribution in [3.63, 3.8) is 0 Å². The van der Waals surface area contributed by atoms with Gasteiger partial charge in [-0.2, -0.15) is 0 Å². The lowest BCUT2D eigenvalue weighted by Crippen LogP contribution is -2.44. The molecular weight excluding hydrogens is 196 g/mol. The van der Waals surface area contributed by atoms with Crippen molar-refractivity contribution < 1.29 is 19.0 Å². The highest BCUT2D eigenvalue weighted by atomic mass is 16.9. The summed E-state index contributed by atoms with van der Waals surface area (Å²) >= 11 is 0. The Kier molecular flexibility index (Phi) is 2.46. The maximum absolute atomic E-state index is 11.6. The summed E-state index contributed by atoms with van der Waals surface area (Å²) in [6.45, 7) is 0. The minimum Gasteiger partial charge on any atom is -0.404 e. The third-order valence-corrected chi connectivity index (χ3v) is 2.51. The Morgan fingerprint density at radius 1 is 1.27 bits per heavy atom. The van der Waals surface area contributed by atoms with Gasteiger partial charge in [-0.1, -0.05) is 18.2 Å². The molecule has 0 aromatic heterocycles. The molecule has 4 nitrogen and oxygen atoms in total. The molecule has 0 aliphatic carbocycles. The van der Waals surface area contributed by atoms with Gasteiger partial charge >= 0.3 is 11.9 Å². The smallest absolute Gasteiger partial charge is 0.342 e. The van der Waals surface area contributed by atoms with Crippen LogP contribution in [0.2, 0.25) is 0 Å². The number of cyclic esters (lactones) is 1. The van der Waals surface area contributed by atoms with E-state index in [1.54, 1.807) is 12.1 Å². The van der Waals surface area contributed by atoms with Crippen molar-refractivity contribution in [3.8, 4) is 0 Å². The number of benzene rings is 1. The molecule has 80 valence electrons. The zero-order valence-electron chi connectivity index (χ0n) is 8.65. The summed E-state index contributed by atoms with van der Waals surface area (Å²) in [4.78, 5) is 11.6. The fourth-order valence-electron chi connectivity index (χ4n) is 1.65. The van der Waals surface area contributed by atoms with Crippen molar-refractivity contribution in [2.75, 3.05) is 14.2 Å². The number of fused-ring (bicyclic) bond motifs is 1. The highest BCUT2D eigenvalue weighted by Crippen LogP contribution is 2.29. The van der Waals surface area contributed by atoms with Gasteiger partial charge in [-0.3, -0.25) is 0 Å². The second-order valence-electron chi connectivity index (χ2n) is 3.31. The molecule has 1 aliphatic rings. The summed E-state index contributed by atoms with van der Waals surface area (Å²) < 4.78 is 15.3. The Hall–Kier alpha value is -1.39. The molecule has 4 heteroatoms. The molecule has 0 atom stereocenters. The third-order valence-electron chi connectivity index (χ3n) is 2.51. The van der Waals surface area contributed by atoms with Crippen molar-refractivity contribution in [3.05, 3.63) is 35.4 Å². The van der Waals surface area contributed by atoms with Crippen LogP contribution in [0.4, 0.5) is 0 Å². The summed E-state index contributed by atoms with van der Waals surface area (Å²) in [5, 5.41) is 0. The van der Waals surface area contributed by atoms with E-state index < -0.39 is 11.9 Å². The van der Waals surface area contributed by atoms with Gasteiger partial charge in [-0.15, -0.1) is 0 Å². The molecule has 0 bridgehead atoms. The van der Waals surface area contributed by atoms with Crippen LogP contribution in [0.5, 0.6) is 0 Å². The van der Waals surface area contributed by atoms with E-state index in [-0.39, 0.29) is 0 Å². The Balaban J connectivity index is 2.41. The molecule has 0 saturated carbocycles. The van der Waals surface area contributed by atoms with Crippen molar-refractivity contribution in [2.24, 2.45) is 0 Å². The fraction of sp³-hybridized carbons (Fsp3) is 0.364. The first kappa shape index (κ1) is 10.1. The van der Waals surface area contributed by atoms with Gasteiger partial charge in [-0.05, 0) is 11.6 Å². The Morgan fingerprint density at radius 2 is 1.93 bits per heavy atom. The van der Waals surface area contributed by atoms with E-state index in [1.165, 1.54) is 14.2 Å². The fourth-order valence-corrected chi connectivity index (χ4v) is 1.65. The zero-order valence-corrected chi connectivity index (χ0v) is 8.65. The van der Waals surface area contributed by atoms with Crippen LogP contribution in [0, 0.1) is 0 Å². The monoisotopic (exact) mass is 208 g/mol. The molecule has 1 aromatic carbocycles. The summed E-state index contributed by atoms with van der Waals surface area (Å²) in [6, 6.07) is 7.26. The number of hydrogen-bond acceptors (Lipinski definition) is 4. The molecule has 2 rings (SSSR count). The Morgan fingerprint density at radius 3 is 2.60 bits per heavy atom. The second kappa shape index (κ2) is 3.64. The summed E-state index contributed by atoms with van der Waals surface area (Å²) in [5.74, 6) is -1.69. The van der Waals surface area contributed by atoms with Crippen LogP contribution >= 0.6 is 0 Å². The van der Waals surface area contributed by atoms with E-state index in [1.807, 2.05) is 12.1 Å². The van der Waals surface area contributed by atoms with Crippen molar-refractivity contribution >= 4 is 5.97 Å². The quantitative estimate of drug-likeness (QED) is 0.543. The van der Waals surface area contributed by atoms with Gasteiger partial charge < -0.3 is 14.2 Å². The van der Waals surface area contributed by atoms with Crippen LogP contribution in [0.25, 0.3) is 0 Å². The topological polar surface area (TPSA) is 44.8 Å². The molecule has 0 amide bonds. The molecule has 0 radical (unpaired) electrons. The van der Waals surface area contributed by atoms with Gasteiger partial charge in [0, 0.05) is 14.2 Å². The summed E-state index contributed by atoms with van der Waals surface area (Å²) in [7, 11) is 2.90. The van der Waals surface area contributed by atoms with Crippen LogP contribution in [0.15, 0.2) is 24.3 Å². The van der Waals surface area contributed by atoms with Gasteiger partial charge in [-0.25, -0.2) is 4.79 Å². The first-order valence-electron chi connectivity index (χ1n) is 4.62. The standard InChI is InChI=1S/C11H12O4/c1-13-11(14-2)7-8-5-3-4-6-9(8)10(12)15-11/h3-6H,7H2,1-2H3. The highest BCUT2D eigenvalue weighted by molar-refractivity contribution is 5.92. The largest absolute Gasteiger partial charge is 0.404 e. The SMILES string of the molecule is COC1(OC)Cc2ccccc2C(=O)O1. The van der Waals surface area contributed by atoms with E-state index in [2.05, 4.69) is 0 Å². The van der Waals surface area contributed by atoms with Crippen molar-refractivity contribution in [2.45, 2.75) is 12.4 Å². The maximum Gasteiger partial charge on any atom is 0.342 e. The predicted octanol–water partition coefficient (Wildman–Crippen LogP) is 1.35. The summed E-state index contributed by atoms with van der Waals surface area (Å²) in [5.41, 5.74) is 1.44. The number of carbonyl (C=O) groups excluding carboxylic acids is 1. The Bertz CT molecular complexity index is 382. The van der Waals surface area contributed by atoms with E-state index in [9.17, 15) is 4.79 Å². The molecule has 15 heavy (non-hydrogen) atoms. The average molecular weight is 208 g/mol. The summed E-state index contributed by atoms with van der Waals surface area (Å²) in [6.07, 6.45) is 0.405. The van der Waals surface area contributed by atoms with Crippen molar-refractivity contribution in [1.82, 2.24) is 0 Å². The molecule has 1 heterocycles. The molecule has 0 N–H and O–H groups in total. The number of esters is 1. The lowest BCUT2D eigenvalue weighted by molar-refractivity contribution is -0.336.